The Morgan fingerprint density at radius 1 is 0.818 bits per heavy atom. The van der Waals surface area contributed by atoms with Gasteiger partial charge in [-0.15, -0.1) is 0 Å². The average molecular weight is 288 g/mol. The smallest absolute Gasteiger partial charge is 0.208 e. The first-order valence-electron chi connectivity index (χ1n) is 7.37. The molecule has 0 aliphatic heterocycles. The molecule has 0 radical (unpaired) electrons. The highest BCUT2D eigenvalue weighted by Crippen LogP contribution is 2.21. The number of ketones is 1. The second kappa shape index (κ2) is 6.35. The molecule has 0 atom stereocenters. The van der Waals surface area contributed by atoms with Gasteiger partial charge in [-0.1, -0.05) is 60.7 Å². The van der Waals surface area contributed by atoms with Crippen LogP contribution in [0.2, 0.25) is 0 Å². The van der Waals surface area contributed by atoms with Crippen molar-refractivity contribution in [3.63, 3.8) is 0 Å². The van der Waals surface area contributed by atoms with E-state index in [9.17, 15) is 4.79 Å². The largest absolute Gasteiger partial charge is 0.294 e. The van der Waals surface area contributed by atoms with Gasteiger partial charge in [0.25, 0.3) is 0 Å². The molecule has 2 aromatic carbocycles. The molecule has 0 saturated heterocycles. The van der Waals surface area contributed by atoms with Gasteiger partial charge in [0, 0.05) is 17.2 Å². The van der Waals surface area contributed by atoms with E-state index in [0.29, 0.717) is 0 Å². The number of carbonyl (C=O) groups excluding carboxylic acids is 1. The quantitative estimate of drug-likeness (QED) is 0.528. The number of aromatic nitrogens is 1. The molecule has 0 aliphatic rings. The van der Waals surface area contributed by atoms with E-state index in [2.05, 4.69) is 28.8 Å². The molecule has 0 amide bonds. The fraction of sp³-hybridized carbons (Fsp3) is 0.100. The predicted molar refractivity (Wildman–Crippen MR) is 86.8 cm³/mol. The Balaban J connectivity index is 2.14. The van der Waals surface area contributed by atoms with Crippen LogP contribution in [-0.4, -0.2) is 5.78 Å². The summed E-state index contributed by atoms with van der Waals surface area (Å²) >= 11 is 0. The molecule has 2 heteroatoms. The first-order valence-corrected chi connectivity index (χ1v) is 7.37. The van der Waals surface area contributed by atoms with Crippen molar-refractivity contribution in [2.24, 2.45) is 0 Å². The van der Waals surface area contributed by atoms with Crippen LogP contribution in [0.4, 0.5) is 0 Å². The monoisotopic (exact) mass is 288 g/mol. The van der Waals surface area contributed by atoms with Crippen molar-refractivity contribution in [3.05, 3.63) is 102 Å². The molecule has 22 heavy (non-hydrogen) atoms. The maximum Gasteiger partial charge on any atom is 0.208 e. The van der Waals surface area contributed by atoms with E-state index in [1.807, 2.05) is 60.9 Å². The highest BCUT2D eigenvalue weighted by atomic mass is 16.1. The number of nitrogens with zero attached hydrogens (tertiary/aromatic N) is 1. The van der Waals surface area contributed by atoms with Crippen molar-refractivity contribution in [2.75, 3.05) is 0 Å². The Morgan fingerprint density at radius 2 is 1.36 bits per heavy atom. The lowest BCUT2D eigenvalue weighted by Gasteiger charge is -2.13. The molecular weight excluding hydrogens is 270 g/mol. The summed E-state index contributed by atoms with van der Waals surface area (Å²) in [6.07, 6.45) is 3.93. The van der Waals surface area contributed by atoms with Gasteiger partial charge in [-0.25, -0.2) is 0 Å². The van der Waals surface area contributed by atoms with E-state index in [1.54, 1.807) is 6.92 Å². The fourth-order valence-corrected chi connectivity index (χ4v) is 2.67. The molecule has 3 aromatic rings. The second-order valence-electron chi connectivity index (χ2n) is 5.32. The van der Waals surface area contributed by atoms with Crippen LogP contribution < -0.4 is 4.57 Å². The van der Waals surface area contributed by atoms with E-state index in [4.69, 9.17) is 0 Å². The highest BCUT2D eigenvalue weighted by molar-refractivity contribution is 5.93. The molecule has 1 aromatic heterocycles. The summed E-state index contributed by atoms with van der Waals surface area (Å²) in [5.41, 5.74) is 3.11. The summed E-state index contributed by atoms with van der Waals surface area (Å²) < 4.78 is 2.10. The third-order valence-corrected chi connectivity index (χ3v) is 3.76. The van der Waals surface area contributed by atoms with Crippen molar-refractivity contribution >= 4 is 5.78 Å². The zero-order valence-electron chi connectivity index (χ0n) is 12.5. The van der Waals surface area contributed by atoms with Gasteiger partial charge < -0.3 is 0 Å². The molecular formula is C20H18NO+. The van der Waals surface area contributed by atoms with E-state index in [-0.39, 0.29) is 11.8 Å². The summed E-state index contributed by atoms with van der Waals surface area (Å²) in [4.78, 5) is 11.7. The van der Waals surface area contributed by atoms with Crippen LogP contribution in [0.25, 0.3) is 0 Å². The standard InChI is InChI=1S/C20H18NO/c1-16(22)19-13-8-14-21(15-19)20(17-9-4-2-5-10-17)18-11-6-3-7-12-18/h2-15,20H,1H3/q+1. The number of hydrogen-bond acceptors (Lipinski definition) is 1. The molecule has 0 fully saturated rings. The van der Waals surface area contributed by atoms with Crippen LogP contribution in [0.5, 0.6) is 0 Å². The van der Waals surface area contributed by atoms with Crippen LogP contribution in [0.3, 0.4) is 0 Å². The van der Waals surface area contributed by atoms with Gasteiger partial charge >= 0.3 is 0 Å². The normalized spacial score (nSPS) is 10.6. The molecule has 0 unspecified atom stereocenters. The number of hydrogen-bond donors (Lipinski definition) is 0. The third-order valence-electron chi connectivity index (χ3n) is 3.76. The molecule has 0 aliphatic carbocycles. The summed E-state index contributed by atoms with van der Waals surface area (Å²) in [7, 11) is 0. The Hall–Kier alpha value is -2.74. The third kappa shape index (κ3) is 2.96. The number of Topliss-reactive ketones (excluding diaryl/α,β-unsaturated/α-hetero) is 1. The number of pyridine rings is 1. The van der Waals surface area contributed by atoms with Gasteiger partial charge in [-0.3, -0.25) is 4.79 Å². The summed E-state index contributed by atoms with van der Waals surface area (Å²) in [5, 5.41) is 0. The fourth-order valence-electron chi connectivity index (χ4n) is 2.67. The lowest BCUT2D eigenvalue weighted by atomic mass is 9.98. The summed E-state index contributed by atoms with van der Waals surface area (Å²) in [6.45, 7) is 1.60. The minimum Gasteiger partial charge on any atom is -0.294 e. The lowest BCUT2D eigenvalue weighted by Crippen LogP contribution is -2.40. The Kier molecular flexibility index (Phi) is 4.10. The number of carbonyl (C=O) groups is 1. The molecule has 0 saturated carbocycles. The molecule has 0 spiro atoms. The first-order chi connectivity index (χ1) is 10.8. The molecule has 2 nitrogen and oxygen atoms in total. The summed E-state index contributed by atoms with van der Waals surface area (Å²) in [6, 6.07) is 24.5. The Labute approximate surface area is 130 Å². The highest BCUT2D eigenvalue weighted by Gasteiger charge is 2.23. The van der Waals surface area contributed by atoms with Crippen LogP contribution >= 0.6 is 0 Å². The van der Waals surface area contributed by atoms with Crippen LogP contribution in [0.1, 0.15) is 34.5 Å². The van der Waals surface area contributed by atoms with Crippen molar-refractivity contribution in [3.8, 4) is 0 Å². The van der Waals surface area contributed by atoms with E-state index in [1.165, 1.54) is 11.1 Å². The number of rotatable bonds is 4. The lowest BCUT2D eigenvalue weighted by molar-refractivity contribution is -0.705. The van der Waals surface area contributed by atoms with Crippen LogP contribution in [-0.2, 0) is 0 Å². The molecule has 0 N–H and O–H groups in total. The van der Waals surface area contributed by atoms with Crippen molar-refractivity contribution < 1.29 is 9.36 Å². The maximum atomic E-state index is 11.7. The van der Waals surface area contributed by atoms with Crippen molar-refractivity contribution in [1.29, 1.82) is 0 Å². The zero-order valence-corrected chi connectivity index (χ0v) is 12.5. The molecule has 0 bridgehead atoms. The first kappa shape index (κ1) is 14.2. The predicted octanol–water partition coefficient (Wildman–Crippen LogP) is 3.81. The molecule has 3 rings (SSSR count). The van der Waals surface area contributed by atoms with E-state index in [0.717, 1.165) is 5.56 Å². The van der Waals surface area contributed by atoms with Gasteiger partial charge in [0.05, 0.1) is 5.56 Å². The van der Waals surface area contributed by atoms with Gasteiger partial charge in [0.2, 0.25) is 6.04 Å². The van der Waals surface area contributed by atoms with Gasteiger partial charge in [-0.2, -0.15) is 4.57 Å². The van der Waals surface area contributed by atoms with Crippen molar-refractivity contribution in [2.45, 2.75) is 13.0 Å². The zero-order chi connectivity index (χ0) is 15.4. The summed E-state index contributed by atoms with van der Waals surface area (Å²) in [5.74, 6) is 0.0780. The Bertz CT molecular complexity index is 726. The maximum absolute atomic E-state index is 11.7. The van der Waals surface area contributed by atoms with Crippen molar-refractivity contribution in [1.82, 2.24) is 0 Å². The van der Waals surface area contributed by atoms with E-state index < -0.39 is 0 Å². The topological polar surface area (TPSA) is 20.9 Å². The minimum atomic E-state index is 0.0571. The SMILES string of the molecule is CC(=O)c1ccc[n+](C(c2ccccc2)c2ccccc2)c1. The van der Waals surface area contributed by atoms with Gasteiger partial charge in [0.15, 0.2) is 18.2 Å². The van der Waals surface area contributed by atoms with Crippen LogP contribution in [0.15, 0.2) is 85.2 Å². The second-order valence-corrected chi connectivity index (χ2v) is 5.32. The molecule has 1 heterocycles. The molecule has 108 valence electrons. The Morgan fingerprint density at radius 3 is 1.86 bits per heavy atom. The average Bonchev–Trinajstić information content (AvgIpc) is 2.57. The van der Waals surface area contributed by atoms with E-state index >= 15 is 0 Å². The number of benzene rings is 2. The van der Waals surface area contributed by atoms with Gasteiger partial charge in [-0.05, 0) is 13.0 Å². The minimum absolute atomic E-state index is 0.0571. The van der Waals surface area contributed by atoms with Crippen LogP contribution in [0, 0.1) is 0 Å². The van der Waals surface area contributed by atoms with Gasteiger partial charge in [0.1, 0.15) is 0 Å².